The van der Waals surface area contributed by atoms with Crippen LogP contribution in [0.1, 0.15) is 39.2 Å². The molecule has 1 fully saturated rings. The summed E-state index contributed by atoms with van der Waals surface area (Å²) in [5, 5.41) is 3.39. The molecule has 1 aromatic rings. The number of benzene rings is 1. The third-order valence-corrected chi connectivity index (χ3v) is 5.80. The van der Waals surface area contributed by atoms with Gasteiger partial charge < -0.3 is 10.1 Å². The lowest BCUT2D eigenvalue weighted by Crippen LogP contribution is -2.53. The van der Waals surface area contributed by atoms with E-state index in [-0.39, 0.29) is 11.0 Å². The smallest absolute Gasteiger partial charge is 0.240 e. The van der Waals surface area contributed by atoms with Gasteiger partial charge in [0.05, 0.1) is 17.0 Å². The zero-order valence-corrected chi connectivity index (χ0v) is 15.3. The van der Waals surface area contributed by atoms with Crippen LogP contribution in [-0.4, -0.2) is 40.8 Å². The molecule has 1 heterocycles. The fourth-order valence-electron chi connectivity index (χ4n) is 3.10. The van der Waals surface area contributed by atoms with Gasteiger partial charge in [0.2, 0.25) is 10.0 Å². The van der Waals surface area contributed by atoms with Gasteiger partial charge in [0.25, 0.3) is 0 Å². The summed E-state index contributed by atoms with van der Waals surface area (Å²) in [7, 11) is -1.92. The largest absolute Gasteiger partial charge is 0.383 e. The van der Waals surface area contributed by atoms with E-state index in [1.807, 2.05) is 32.9 Å². The molecule has 2 N–H and O–H groups in total. The summed E-state index contributed by atoms with van der Waals surface area (Å²) in [4.78, 5) is 0.359. The maximum absolute atomic E-state index is 12.8. The molecule has 0 aliphatic carbocycles. The Balaban J connectivity index is 2.23. The molecule has 23 heavy (non-hydrogen) atoms. The number of ether oxygens (including phenoxy) is 1. The molecule has 1 unspecified atom stereocenters. The molecule has 0 spiro atoms. The van der Waals surface area contributed by atoms with Crippen LogP contribution < -0.4 is 10.0 Å². The van der Waals surface area contributed by atoms with Gasteiger partial charge in [-0.15, -0.1) is 0 Å². The van der Waals surface area contributed by atoms with Gasteiger partial charge >= 0.3 is 0 Å². The highest BCUT2D eigenvalue weighted by molar-refractivity contribution is 7.89. The minimum absolute atomic E-state index is 0.235. The van der Waals surface area contributed by atoms with Crippen LogP contribution in [0.15, 0.2) is 29.2 Å². The minimum atomic E-state index is -3.56. The molecule has 2 rings (SSSR count). The molecule has 0 amide bonds. The van der Waals surface area contributed by atoms with Crippen molar-refractivity contribution in [3.05, 3.63) is 29.8 Å². The molecule has 0 saturated carbocycles. The van der Waals surface area contributed by atoms with Gasteiger partial charge in [-0.3, -0.25) is 0 Å². The Labute approximate surface area is 139 Å². The average molecular weight is 340 g/mol. The van der Waals surface area contributed by atoms with Crippen LogP contribution in [0.3, 0.4) is 0 Å². The quantitative estimate of drug-likeness (QED) is 0.831. The van der Waals surface area contributed by atoms with E-state index in [2.05, 4.69) is 10.0 Å². The fourth-order valence-corrected chi connectivity index (χ4v) is 4.64. The predicted molar refractivity (Wildman–Crippen MR) is 92.2 cm³/mol. The monoisotopic (exact) mass is 340 g/mol. The molecular weight excluding hydrogens is 312 g/mol. The number of methoxy groups -OCH3 is 1. The number of hydrogen-bond donors (Lipinski definition) is 2. The molecule has 130 valence electrons. The van der Waals surface area contributed by atoms with Crippen molar-refractivity contribution in [2.45, 2.75) is 49.5 Å². The fraction of sp³-hybridized carbons (Fsp3) is 0.647. The third kappa shape index (κ3) is 4.32. The number of rotatable bonds is 6. The van der Waals surface area contributed by atoms with Crippen LogP contribution >= 0.6 is 0 Å². The van der Waals surface area contributed by atoms with Gasteiger partial charge in [0, 0.05) is 13.7 Å². The van der Waals surface area contributed by atoms with Crippen molar-refractivity contribution in [2.75, 3.05) is 26.8 Å². The maximum Gasteiger partial charge on any atom is 0.240 e. The molecule has 0 aromatic heterocycles. The molecule has 1 saturated heterocycles. The number of hydrogen-bond acceptors (Lipinski definition) is 4. The first-order valence-electron chi connectivity index (χ1n) is 8.03. The van der Waals surface area contributed by atoms with Crippen LogP contribution in [0.5, 0.6) is 0 Å². The second kappa shape index (κ2) is 6.89. The maximum atomic E-state index is 12.8. The highest BCUT2D eigenvalue weighted by Crippen LogP contribution is 2.29. The molecule has 1 aliphatic rings. The molecule has 6 heteroatoms. The van der Waals surface area contributed by atoms with Crippen LogP contribution in [0.4, 0.5) is 0 Å². The van der Waals surface area contributed by atoms with E-state index in [0.717, 1.165) is 24.9 Å². The summed E-state index contributed by atoms with van der Waals surface area (Å²) >= 11 is 0. The van der Waals surface area contributed by atoms with Crippen LogP contribution in [0.2, 0.25) is 0 Å². The van der Waals surface area contributed by atoms with E-state index in [4.69, 9.17) is 4.74 Å². The molecule has 1 aromatic carbocycles. The standard InChI is InChI=1S/C17H28N2O3S/c1-16(2,3)14-8-5-6-9-15(14)23(20,21)19-12-17(13-22-4)10-7-11-18-17/h5-6,8-9,18-19H,7,10-13H2,1-4H3. The Morgan fingerprint density at radius 2 is 2.00 bits per heavy atom. The van der Waals surface area contributed by atoms with E-state index in [1.165, 1.54) is 0 Å². The summed E-state index contributed by atoms with van der Waals surface area (Å²) in [6, 6.07) is 7.20. The summed E-state index contributed by atoms with van der Waals surface area (Å²) in [5.41, 5.74) is 0.285. The van der Waals surface area contributed by atoms with E-state index in [1.54, 1.807) is 19.2 Å². The van der Waals surface area contributed by atoms with Gasteiger partial charge in [-0.2, -0.15) is 0 Å². The second-order valence-electron chi connectivity index (χ2n) is 7.31. The van der Waals surface area contributed by atoms with E-state index in [9.17, 15) is 8.42 Å². The Hall–Kier alpha value is -0.950. The third-order valence-electron chi connectivity index (χ3n) is 4.34. The lowest BCUT2D eigenvalue weighted by atomic mass is 9.87. The van der Waals surface area contributed by atoms with Crippen molar-refractivity contribution in [1.82, 2.24) is 10.0 Å². The zero-order chi connectivity index (χ0) is 17.1. The van der Waals surface area contributed by atoms with E-state index >= 15 is 0 Å². The Morgan fingerprint density at radius 1 is 1.30 bits per heavy atom. The highest BCUT2D eigenvalue weighted by Gasteiger charge is 2.35. The summed E-state index contributed by atoms with van der Waals surface area (Å²) in [6.07, 6.45) is 1.94. The summed E-state index contributed by atoms with van der Waals surface area (Å²) in [6.45, 7) is 7.78. The normalized spacial score (nSPS) is 22.4. The van der Waals surface area contributed by atoms with Crippen molar-refractivity contribution in [3.63, 3.8) is 0 Å². The molecule has 1 aliphatic heterocycles. The van der Waals surface area contributed by atoms with Gasteiger partial charge in [-0.25, -0.2) is 13.1 Å². The van der Waals surface area contributed by atoms with Crippen molar-refractivity contribution < 1.29 is 13.2 Å². The molecule has 1 atom stereocenters. The molecule has 0 radical (unpaired) electrons. The van der Waals surface area contributed by atoms with E-state index in [0.29, 0.717) is 18.0 Å². The summed E-state index contributed by atoms with van der Waals surface area (Å²) in [5.74, 6) is 0. The zero-order valence-electron chi connectivity index (χ0n) is 14.5. The minimum Gasteiger partial charge on any atom is -0.383 e. The van der Waals surface area contributed by atoms with Gasteiger partial charge in [0.1, 0.15) is 0 Å². The molecule has 0 bridgehead atoms. The molecule has 5 nitrogen and oxygen atoms in total. The van der Waals surface area contributed by atoms with E-state index < -0.39 is 10.0 Å². The van der Waals surface area contributed by atoms with Crippen LogP contribution in [0.25, 0.3) is 0 Å². The molecular formula is C17H28N2O3S. The summed E-state index contributed by atoms with van der Waals surface area (Å²) < 4.78 is 33.7. The average Bonchev–Trinajstić information content (AvgIpc) is 2.94. The number of nitrogens with one attached hydrogen (secondary N) is 2. The van der Waals surface area contributed by atoms with Crippen molar-refractivity contribution in [3.8, 4) is 0 Å². The first kappa shape index (κ1) is 18.4. The SMILES string of the molecule is COCC1(CNS(=O)(=O)c2ccccc2C(C)(C)C)CCCN1. The highest BCUT2D eigenvalue weighted by atomic mass is 32.2. The first-order chi connectivity index (χ1) is 10.7. The van der Waals surface area contributed by atoms with Gasteiger partial charge in [-0.05, 0) is 36.4 Å². The van der Waals surface area contributed by atoms with Gasteiger partial charge in [-0.1, -0.05) is 39.0 Å². The lowest BCUT2D eigenvalue weighted by Gasteiger charge is -2.29. The van der Waals surface area contributed by atoms with Crippen molar-refractivity contribution in [2.24, 2.45) is 0 Å². The topological polar surface area (TPSA) is 67.4 Å². The Kier molecular flexibility index (Phi) is 5.51. The van der Waals surface area contributed by atoms with Crippen LogP contribution in [0, 0.1) is 0 Å². The number of sulfonamides is 1. The van der Waals surface area contributed by atoms with Crippen LogP contribution in [-0.2, 0) is 20.2 Å². The lowest BCUT2D eigenvalue weighted by molar-refractivity contribution is 0.122. The Bertz CT molecular complexity index is 629. The predicted octanol–water partition coefficient (Wildman–Crippen LogP) is 2.03. The second-order valence-corrected chi connectivity index (χ2v) is 9.05. The first-order valence-corrected chi connectivity index (χ1v) is 9.52. The Morgan fingerprint density at radius 3 is 2.57 bits per heavy atom. The van der Waals surface area contributed by atoms with Crippen molar-refractivity contribution >= 4 is 10.0 Å². The van der Waals surface area contributed by atoms with Crippen molar-refractivity contribution in [1.29, 1.82) is 0 Å². The van der Waals surface area contributed by atoms with Gasteiger partial charge in [0.15, 0.2) is 0 Å².